The molecule has 246 valence electrons. The van der Waals surface area contributed by atoms with Crippen molar-refractivity contribution in [3.05, 3.63) is 11.6 Å². The van der Waals surface area contributed by atoms with Crippen LogP contribution in [0.1, 0.15) is 162 Å². The van der Waals surface area contributed by atoms with Crippen molar-refractivity contribution >= 4 is 5.97 Å². The van der Waals surface area contributed by atoms with E-state index in [0.717, 1.165) is 51.4 Å². The topological polar surface area (TPSA) is 116 Å². The van der Waals surface area contributed by atoms with E-state index in [1.807, 2.05) is 6.92 Å². The van der Waals surface area contributed by atoms with Gasteiger partial charge in [-0.25, -0.2) is 4.79 Å². The van der Waals surface area contributed by atoms with Crippen LogP contribution >= 0.6 is 0 Å². The Bertz CT molecular complexity index is 726. The fraction of sp³-hybridized carbons (Fsp3) is 0.914. The third kappa shape index (κ3) is 16.2. The minimum Gasteiger partial charge on any atom is -0.455 e. The van der Waals surface area contributed by atoms with E-state index in [2.05, 4.69) is 6.92 Å². The van der Waals surface area contributed by atoms with Gasteiger partial charge in [-0.1, -0.05) is 103 Å². The lowest BCUT2D eigenvalue weighted by atomic mass is 9.97. The average molecular weight is 597 g/mol. The second kappa shape index (κ2) is 22.5. The van der Waals surface area contributed by atoms with E-state index in [1.165, 1.54) is 64.2 Å². The summed E-state index contributed by atoms with van der Waals surface area (Å²) in [6.45, 7) is 4.08. The molecule has 0 aromatic rings. The van der Waals surface area contributed by atoms with Crippen molar-refractivity contribution in [1.82, 2.24) is 0 Å². The van der Waals surface area contributed by atoms with Gasteiger partial charge in [-0.2, -0.15) is 0 Å². The molecule has 0 amide bonds. The third-order valence-electron chi connectivity index (χ3n) is 9.14. The van der Waals surface area contributed by atoms with Crippen LogP contribution in [0.25, 0.3) is 0 Å². The molecule has 0 radical (unpaired) electrons. The molecule has 0 aromatic carbocycles. The Labute approximate surface area is 256 Å². The quantitative estimate of drug-likeness (QED) is 0.0624. The van der Waals surface area contributed by atoms with E-state index in [4.69, 9.17) is 9.47 Å². The first kappa shape index (κ1) is 37.2. The largest absolute Gasteiger partial charge is 0.455 e. The molecule has 0 bridgehead atoms. The number of aliphatic hydroxyl groups is 4. The molecule has 0 saturated carbocycles. The van der Waals surface area contributed by atoms with Crippen LogP contribution in [0.5, 0.6) is 0 Å². The van der Waals surface area contributed by atoms with Gasteiger partial charge >= 0.3 is 5.97 Å². The number of carbonyl (C=O) groups is 1. The Kier molecular flexibility index (Phi) is 19.9. The number of ether oxygens (including phenoxy) is 2. The third-order valence-corrected chi connectivity index (χ3v) is 9.14. The maximum Gasteiger partial charge on any atom is 0.334 e. The average Bonchev–Trinajstić information content (AvgIpc) is 3.57. The van der Waals surface area contributed by atoms with E-state index in [1.54, 1.807) is 6.08 Å². The Morgan fingerprint density at radius 3 is 1.93 bits per heavy atom. The summed E-state index contributed by atoms with van der Waals surface area (Å²) in [6, 6.07) is 0. The zero-order chi connectivity index (χ0) is 30.6. The van der Waals surface area contributed by atoms with Crippen LogP contribution in [0, 0.1) is 0 Å². The summed E-state index contributed by atoms with van der Waals surface area (Å²) in [5, 5.41) is 41.6. The first-order valence-electron chi connectivity index (χ1n) is 17.6. The molecular weight excluding hydrogens is 532 g/mol. The molecule has 7 heteroatoms. The van der Waals surface area contributed by atoms with Crippen molar-refractivity contribution in [2.24, 2.45) is 0 Å². The molecule has 2 aliphatic heterocycles. The first-order chi connectivity index (χ1) is 20.3. The Morgan fingerprint density at radius 1 is 0.738 bits per heavy atom. The van der Waals surface area contributed by atoms with Crippen LogP contribution in [-0.2, 0) is 14.3 Å². The summed E-state index contributed by atoms with van der Waals surface area (Å²) < 4.78 is 11.2. The number of hydrogen-bond acceptors (Lipinski definition) is 7. The van der Waals surface area contributed by atoms with E-state index >= 15 is 0 Å². The molecule has 0 aliphatic carbocycles. The standard InChI is InChI=1S/C35H64O7/c1-3-4-5-6-7-8-9-10-11-12-13-17-20-31(37)32(38)22-23-33(39)34-24-21-30(42-34)19-16-14-15-18-29(36)26-28-25-27(2)41-35(28)40/h25,27,29-34,36-39H,3-24,26H2,1-2H3/t27-,29-,30-,31+,32+,33+,34+/m1/s1. The van der Waals surface area contributed by atoms with Crippen molar-refractivity contribution in [1.29, 1.82) is 0 Å². The highest BCUT2D eigenvalue weighted by molar-refractivity contribution is 5.90. The maximum atomic E-state index is 11.7. The zero-order valence-electron chi connectivity index (χ0n) is 26.9. The van der Waals surface area contributed by atoms with E-state index in [-0.39, 0.29) is 24.3 Å². The predicted molar refractivity (Wildman–Crippen MR) is 168 cm³/mol. The molecule has 1 fully saturated rings. The van der Waals surface area contributed by atoms with Crippen molar-refractivity contribution < 1.29 is 34.7 Å². The molecule has 42 heavy (non-hydrogen) atoms. The molecule has 0 aromatic heterocycles. The normalized spacial score (nSPS) is 23.5. The number of rotatable bonds is 26. The fourth-order valence-corrected chi connectivity index (χ4v) is 6.40. The highest BCUT2D eigenvalue weighted by Gasteiger charge is 2.31. The lowest BCUT2D eigenvalue weighted by Gasteiger charge is -2.22. The van der Waals surface area contributed by atoms with Crippen LogP contribution in [-0.4, -0.2) is 69.1 Å². The predicted octanol–water partition coefficient (Wildman–Crippen LogP) is 7.06. The fourth-order valence-electron chi connectivity index (χ4n) is 6.40. The summed E-state index contributed by atoms with van der Waals surface area (Å²) in [4.78, 5) is 11.7. The van der Waals surface area contributed by atoms with Gasteiger partial charge in [0.25, 0.3) is 0 Å². The minimum atomic E-state index is -0.793. The maximum absolute atomic E-state index is 11.7. The van der Waals surface area contributed by atoms with Gasteiger partial charge in [0.1, 0.15) is 6.10 Å². The summed E-state index contributed by atoms with van der Waals surface area (Å²) in [6.07, 6.45) is 22.3. The van der Waals surface area contributed by atoms with Crippen LogP contribution in [0.15, 0.2) is 11.6 Å². The van der Waals surface area contributed by atoms with E-state index in [9.17, 15) is 25.2 Å². The second-order valence-corrected chi connectivity index (χ2v) is 13.1. The van der Waals surface area contributed by atoms with E-state index < -0.39 is 24.4 Å². The van der Waals surface area contributed by atoms with Crippen LogP contribution in [0.4, 0.5) is 0 Å². The van der Waals surface area contributed by atoms with Crippen molar-refractivity contribution in [3.63, 3.8) is 0 Å². The Hall–Kier alpha value is -0.990. The molecule has 4 N–H and O–H groups in total. The van der Waals surface area contributed by atoms with Crippen LogP contribution < -0.4 is 0 Å². The van der Waals surface area contributed by atoms with Gasteiger partial charge in [-0.3, -0.25) is 0 Å². The van der Waals surface area contributed by atoms with Gasteiger partial charge < -0.3 is 29.9 Å². The SMILES string of the molecule is CCCCCCCCCCCCCC[C@H](O)[C@@H](O)CC[C@H](O)[C@@H]1CC[C@@H](CCCCC[C@@H](O)CC2=C[C@@H](C)OC2=O)O1. The second-order valence-electron chi connectivity index (χ2n) is 13.1. The smallest absolute Gasteiger partial charge is 0.334 e. The van der Waals surface area contributed by atoms with Crippen LogP contribution in [0.3, 0.4) is 0 Å². The molecular formula is C35H64O7. The van der Waals surface area contributed by atoms with Crippen molar-refractivity contribution in [3.8, 4) is 0 Å². The Morgan fingerprint density at radius 2 is 1.31 bits per heavy atom. The number of hydrogen-bond donors (Lipinski definition) is 4. The highest BCUT2D eigenvalue weighted by Crippen LogP contribution is 2.28. The minimum absolute atomic E-state index is 0.149. The lowest BCUT2D eigenvalue weighted by Crippen LogP contribution is -2.31. The number of esters is 1. The number of unbranched alkanes of at least 4 members (excludes halogenated alkanes) is 13. The molecule has 1 saturated heterocycles. The Balaban J connectivity index is 1.43. The molecule has 7 atom stereocenters. The summed E-state index contributed by atoms with van der Waals surface area (Å²) >= 11 is 0. The molecule has 2 heterocycles. The first-order valence-corrected chi connectivity index (χ1v) is 17.6. The number of carbonyl (C=O) groups excluding carboxylic acids is 1. The van der Waals surface area contributed by atoms with Crippen molar-refractivity contribution in [2.75, 3.05) is 0 Å². The van der Waals surface area contributed by atoms with Crippen LogP contribution in [0.2, 0.25) is 0 Å². The molecule has 7 nitrogen and oxygen atoms in total. The van der Waals surface area contributed by atoms with Gasteiger partial charge in [-0.15, -0.1) is 0 Å². The molecule has 0 spiro atoms. The monoisotopic (exact) mass is 596 g/mol. The highest BCUT2D eigenvalue weighted by atomic mass is 16.5. The molecule has 2 rings (SSSR count). The van der Waals surface area contributed by atoms with E-state index in [0.29, 0.717) is 37.7 Å². The number of cyclic esters (lactones) is 1. The zero-order valence-corrected chi connectivity index (χ0v) is 26.9. The molecule has 0 unspecified atom stereocenters. The van der Waals surface area contributed by atoms with Gasteiger partial charge in [0, 0.05) is 12.0 Å². The van der Waals surface area contributed by atoms with Gasteiger partial charge in [0.2, 0.25) is 0 Å². The lowest BCUT2D eigenvalue weighted by molar-refractivity contribution is -0.139. The summed E-state index contributed by atoms with van der Waals surface area (Å²) in [5.74, 6) is -0.308. The van der Waals surface area contributed by atoms with Gasteiger partial charge in [0.05, 0.1) is 36.6 Å². The van der Waals surface area contributed by atoms with Gasteiger partial charge in [-0.05, 0) is 57.9 Å². The molecule has 2 aliphatic rings. The number of aliphatic hydroxyl groups excluding tert-OH is 4. The van der Waals surface area contributed by atoms with Crippen molar-refractivity contribution in [2.45, 2.75) is 204 Å². The summed E-state index contributed by atoms with van der Waals surface area (Å²) in [7, 11) is 0. The summed E-state index contributed by atoms with van der Waals surface area (Å²) in [5.41, 5.74) is 0.584. The van der Waals surface area contributed by atoms with Gasteiger partial charge in [0.15, 0.2) is 0 Å².